The first kappa shape index (κ1) is 12.2. The molecule has 1 aromatic rings. The minimum Gasteiger partial charge on any atom is -0.335 e. The number of amides is 2. The molecule has 2 rings (SSSR count). The van der Waals surface area contributed by atoms with Crippen molar-refractivity contribution in [2.24, 2.45) is 5.10 Å². The zero-order valence-electron chi connectivity index (χ0n) is 8.68. The smallest absolute Gasteiger partial charge is 0.335 e. The van der Waals surface area contributed by atoms with Crippen molar-refractivity contribution in [2.75, 3.05) is 13.1 Å². The van der Waals surface area contributed by atoms with Crippen molar-refractivity contribution in [1.29, 1.82) is 0 Å². The molecule has 0 aromatic heterocycles. The third-order valence-electron chi connectivity index (χ3n) is 1.98. The Kier molecular flexibility index (Phi) is 4.81. The van der Waals surface area contributed by atoms with Crippen molar-refractivity contribution >= 4 is 41.8 Å². The van der Waals surface area contributed by atoms with Gasteiger partial charge in [0.25, 0.3) is 0 Å². The third-order valence-corrected chi connectivity index (χ3v) is 1.98. The summed E-state index contributed by atoms with van der Waals surface area (Å²) in [4.78, 5) is 11.1. The maximum Gasteiger partial charge on any atom is 0.337 e. The molecule has 4 nitrogen and oxygen atoms in total. The average molecular weight is 212 g/mol. The molecule has 0 aliphatic carbocycles. The van der Waals surface area contributed by atoms with Gasteiger partial charge in [-0.3, -0.25) is 0 Å². The van der Waals surface area contributed by atoms with E-state index in [0.717, 1.165) is 5.56 Å². The van der Waals surface area contributed by atoms with E-state index in [4.69, 9.17) is 0 Å². The van der Waals surface area contributed by atoms with Gasteiger partial charge >= 0.3 is 6.03 Å². The van der Waals surface area contributed by atoms with Crippen LogP contribution >= 0.6 is 0 Å². The molecule has 0 spiro atoms. The monoisotopic (exact) mass is 212 g/mol. The van der Waals surface area contributed by atoms with E-state index in [-0.39, 0.29) is 35.6 Å². The van der Waals surface area contributed by atoms with E-state index >= 15 is 0 Å². The second kappa shape index (κ2) is 5.90. The predicted octanol–water partition coefficient (Wildman–Crippen LogP) is 0.665. The Hall–Kier alpha value is -0.840. The van der Waals surface area contributed by atoms with Gasteiger partial charge < -0.3 is 5.32 Å². The fourth-order valence-corrected chi connectivity index (χ4v) is 1.25. The molecule has 1 aromatic carbocycles. The molecule has 1 radical (unpaired) electrons. The van der Waals surface area contributed by atoms with Crippen LogP contribution in [-0.2, 0) is 0 Å². The quantitative estimate of drug-likeness (QED) is 0.568. The van der Waals surface area contributed by atoms with Crippen LogP contribution in [0.1, 0.15) is 5.56 Å². The van der Waals surface area contributed by atoms with Crippen LogP contribution in [0.4, 0.5) is 4.79 Å². The number of hydrogen-bond acceptors (Lipinski definition) is 2. The molecule has 1 saturated heterocycles. The van der Waals surface area contributed by atoms with Gasteiger partial charge in [-0.2, -0.15) is 5.10 Å². The summed E-state index contributed by atoms with van der Waals surface area (Å²) in [6.45, 7) is 1.31. The normalized spacial score (nSPS) is 15.2. The van der Waals surface area contributed by atoms with Crippen LogP contribution in [0.5, 0.6) is 0 Å². The van der Waals surface area contributed by atoms with Gasteiger partial charge in [-0.1, -0.05) is 30.3 Å². The van der Waals surface area contributed by atoms with Crippen LogP contribution in [-0.4, -0.2) is 59.9 Å². The molecule has 0 saturated carbocycles. The number of urea groups is 1. The second-order valence-electron chi connectivity index (χ2n) is 3.01. The van der Waals surface area contributed by atoms with Crippen LogP contribution in [0.3, 0.4) is 0 Å². The van der Waals surface area contributed by atoms with Crippen molar-refractivity contribution in [3.8, 4) is 0 Å². The van der Waals surface area contributed by atoms with Crippen molar-refractivity contribution in [3.63, 3.8) is 0 Å². The fourth-order valence-electron chi connectivity index (χ4n) is 1.25. The summed E-state index contributed by atoms with van der Waals surface area (Å²) in [5, 5.41) is 8.17. The molecule has 1 aliphatic rings. The fraction of sp³-hybridized carbons (Fsp3) is 0.200. The van der Waals surface area contributed by atoms with Gasteiger partial charge in [0.1, 0.15) is 0 Å². The number of hydrogen-bond donors (Lipinski definition) is 1. The molecule has 1 aliphatic heterocycles. The predicted molar refractivity (Wildman–Crippen MR) is 59.9 cm³/mol. The topological polar surface area (TPSA) is 44.7 Å². The van der Waals surface area contributed by atoms with Crippen molar-refractivity contribution < 1.29 is 4.79 Å². The van der Waals surface area contributed by atoms with Gasteiger partial charge in [-0.25, -0.2) is 9.80 Å². The van der Waals surface area contributed by atoms with Crippen LogP contribution in [0.15, 0.2) is 35.4 Å². The maximum atomic E-state index is 11.1. The molecule has 0 unspecified atom stereocenters. The van der Waals surface area contributed by atoms with Crippen LogP contribution in [0, 0.1) is 0 Å². The summed E-state index contributed by atoms with van der Waals surface area (Å²) in [6, 6.07) is 9.57. The Balaban J connectivity index is 0.00000112. The van der Waals surface area contributed by atoms with Crippen LogP contribution < -0.4 is 5.32 Å². The zero-order chi connectivity index (χ0) is 9.80. The zero-order valence-corrected chi connectivity index (χ0v) is 10.7. The summed E-state index contributed by atoms with van der Waals surface area (Å²) < 4.78 is 0. The van der Waals surface area contributed by atoms with E-state index in [1.54, 1.807) is 6.21 Å². The Bertz CT molecular complexity index is 353. The number of carbonyl (C=O) groups excluding carboxylic acids is 1. The number of nitrogens with zero attached hydrogens (tertiary/aromatic N) is 2. The van der Waals surface area contributed by atoms with Gasteiger partial charge in [-0.05, 0) is 5.56 Å². The molecular formula is C10H11N3NaO. The molecule has 15 heavy (non-hydrogen) atoms. The van der Waals surface area contributed by atoms with Gasteiger partial charge in [0.05, 0.1) is 12.8 Å². The average Bonchev–Trinajstić information content (AvgIpc) is 2.63. The standard InChI is InChI=1S/C10H11N3O.Na/c14-10-11-6-7-13(10)12-8-9-4-2-1-3-5-9;/h1-5,8H,6-7H2,(H,11,14);. The van der Waals surface area contributed by atoms with Crippen LogP contribution in [0.25, 0.3) is 0 Å². The van der Waals surface area contributed by atoms with Gasteiger partial charge in [-0.15, -0.1) is 0 Å². The number of hydrazone groups is 1. The minimum atomic E-state index is -0.128. The van der Waals surface area contributed by atoms with E-state index in [1.165, 1.54) is 5.01 Å². The molecule has 0 atom stereocenters. The molecule has 1 fully saturated rings. The van der Waals surface area contributed by atoms with Crippen LogP contribution in [0.2, 0.25) is 0 Å². The number of rotatable bonds is 2. The molecule has 1 heterocycles. The second-order valence-corrected chi connectivity index (χ2v) is 3.01. The number of nitrogens with one attached hydrogen (secondary N) is 1. The molecule has 1 N–H and O–H groups in total. The Morgan fingerprint density at radius 2 is 2.07 bits per heavy atom. The van der Waals surface area contributed by atoms with E-state index in [1.807, 2.05) is 30.3 Å². The molecule has 0 bridgehead atoms. The molecule has 2 amide bonds. The van der Waals surface area contributed by atoms with Gasteiger partial charge in [0.15, 0.2) is 0 Å². The first-order valence-electron chi connectivity index (χ1n) is 4.51. The van der Waals surface area contributed by atoms with E-state index in [0.29, 0.717) is 13.1 Å². The summed E-state index contributed by atoms with van der Waals surface area (Å²) in [5.74, 6) is 0. The Morgan fingerprint density at radius 1 is 1.33 bits per heavy atom. The van der Waals surface area contributed by atoms with Gasteiger partial charge in [0, 0.05) is 36.1 Å². The van der Waals surface area contributed by atoms with Crippen molar-refractivity contribution in [2.45, 2.75) is 0 Å². The van der Waals surface area contributed by atoms with Crippen molar-refractivity contribution in [1.82, 2.24) is 10.3 Å². The van der Waals surface area contributed by atoms with Crippen molar-refractivity contribution in [3.05, 3.63) is 35.9 Å². The summed E-state index contributed by atoms with van der Waals surface area (Å²) in [5.41, 5.74) is 0.993. The summed E-state index contributed by atoms with van der Waals surface area (Å²) in [6.07, 6.45) is 1.69. The molecule has 5 heteroatoms. The molecular weight excluding hydrogens is 201 g/mol. The largest absolute Gasteiger partial charge is 0.337 e. The number of benzene rings is 1. The first-order valence-corrected chi connectivity index (χ1v) is 4.51. The number of carbonyl (C=O) groups is 1. The maximum absolute atomic E-state index is 11.1. The summed E-state index contributed by atoms with van der Waals surface area (Å²) in [7, 11) is 0. The van der Waals surface area contributed by atoms with E-state index in [9.17, 15) is 4.79 Å². The Labute approximate surface area is 111 Å². The minimum absolute atomic E-state index is 0. The van der Waals surface area contributed by atoms with E-state index in [2.05, 4.69) is 10.4 Å². The summed E-state index contributed by atoms with van der Waals surface area (Å²) >= 11 is 0. The first-order chi connectivity index (χ1) is 6.86. The Morgan fingerprint density at radius 3 is 2.67 bits per heavy atom. The van der Waals surface area contributed by atoms with Gasteiger partial charge in [0.2, 0.25) is 0 Å². The molecule has 73 valence electrons. The third kappa shape index (κ3) is 3.34. The van der Waals surface area contributed by atoms with E-state index < -0.39 is 0 Å². The SMILES string of the molecule is O=C1NCCN1N=Cc1ccccc1.[Na].